The van der Waals surface area contributed by atoms with Crippen LogP contribution < -0.4 is 5.73 Å². The monoisotopic (exact) mass is 157 g/mol. The van der Waals surface area contributed by atoms with Crippen LogP contribution in [0.15, 0.2) is 0 Å². The van der Waals surface area contributed by atoms with Gasteiger partial charge in [0.2, 0.25) is 0 Å². The smallest absolute Gasteiger partial charge is 0.189 e. The summed E-state index contributed by atoms with van der Waals surface area (Å²) in [6.07, 6.45) is 0. The largest absolute Gasteiger partial charge is 0.377 e. The Hall–Kier alpha value is -0.770. The van der Waals surface area contributed by atoms with Crippen molar-refractivity contribution >= 4 is 5.96 Å². The quantitative estimate of drug-likeness (QED) is 0.384. The van der Waals surface area contributed by atoms with Gasteiger partial charge in [0, 0.05) is 0 Å². The van der Waals surface area contributed by atoms with E-state index in [1.54, 1.807) is 0 Å². The van der Waals surface area contributed by atoms with E-state index < -0.39 is 0 Å². The van der Waals surface area contributed by atoms with Crippen LogP contribution in [0.5, 0.6) is 0 Å². The van der Waals surface area contributed by atoms with Crippen molar-refractivity contribution in [2.45, 2.75) is 25.9 Å². The van der Waals surface area contributed by atoms with E-state index >= 15 is 0 Å². The minimum absolute atomic E-state index is 0.147. The molecule has 1 saturated heterocycles. The van der Waals surface area contributed by atoms with Crippen LogP contribution >= 0.6 is 0 Å². The molecule has 3 N–H and O–H groups in total. The van der Waals surface area contributed by atoms with Gasteiger partial charge in [-0.2, -0.15) is 0 Å². The molecule has 1 rings (SSSR count). The van der Waals surface area contributed by atoms with Crippen LogP contribution in [-0.2, 0) is 4.74 Å². The molecule has 4 nitrogen and oxygen atoms in total. The van der Waals surface area contributed by atoms with Crippen molar-refractivity contribution in [1.82, 2.24) is 4.90 Å². The molecule has 0 aromatic heterocycles. The van der Waals surface area contributed by atoms with Gasteiger partial charge in [0.1, 0.15) is 0 Å². The molecule has 1 aliphatic rings. The zero-order valence-electron chi connectivity index (χ0n) is 7.00. The molecule has 1 heterocycles. The van der Waals surface area contributed by atoms with Crippen molar-refractivity contribution in [3.63, 3.8) is 0 Å². The second kappa shape index (κ2) is 3.09. The predicted octanol–water partition coefficient (Wildman–Crippen LogP) is -0.0109. The SMILES string of the molecule is CC1COCC(C)N1C(=N)N. The summed E-state index contributed by atoms with van der Waals surface area (Å²) in [6, 6.07) is 0.465. The first-order valence-corrected chi connectivity index (χ1v) is 3.83. The average molecular weight is 157 g/mol. The Kier molecular flexibility index (Phi) is 2.34. The third-order valence-corrected chi connectivity index (χ3v) is 1.95. The normalized spacial score (nSPS) is 32.0. The van der Waals surface area contributed by atoms with Crippen molar-refractivity contribution in [3.8, 4) is 0 Å². The number of rotatable bonds is 0. The molecular formula is C7H15N3O. The van der Waals surface area contributed by atoms with Crippen molar-refractivity contribution < 1.29 is 4.74 Å². The number of guanidine groups is 1. The number of nitrogens with two attached hydrogens (primary N) is 1. The van der Waals surface area contributed by atoms with Crippen molar-refractivity contribution in [2.24, 2.45) is 5.73 Å². The summed E-state index contributed by atoms with van der Waals surface area (Å²) in [6.45, 7) is 5.36. The zero-order valence-corrected chi connectivity index (χ0v) is 7.00. The lowest BCUT2D eigenvalue weighted by molar-refractivity contribution is -0.00163. The van der Waals surface area contributed by atoms with Gasteiger partial charge >= 0.3 is 0 Å². The summed E-state index contributed by atoms with van der Waals surface area (Å²) >= 11 is 0. The highest BCUT2D eigenvalue weighted by Crippen LogP contribution is 2.11. The molecule has 1 fully saturated rings. The molecule has 2 atom stereocenters. The van der Waals surface area contributed by atoms with Crippen LogP contribution in [0.3, 0.4) is 0 Å². The lowest BCUT2D eigenvalue weighted by Gasteiger charge is -2.38. The van der Waals surface area contributed by atoms with Gasteiger partial charge in [-0.3, -0.25) is 5.41 Å². The highest BCUT2D eigenvalue weighted by molar-refractivity contribution is 5.75. The van der Waals surface area contributed by atoms with Gasteiger partial charge in [0.25, 0.3) is 0 Å². The predicted molar refractivity (Wildman–Crippen MR) is 43.5 cm³/mol. The van der Waals surface area contributed by atoms with E-state index in [4.69, 9.17) is 15.9 Å². The Morgan fingerprint density at radius 1 is 1.45 bits per heavy atom. The summed E-state index contributed by atoms with van der Waals surface area (Å²) in [5, 5.41) is 7.30. The zero-order chi connectivity index (χ0) is 8.43. The number of morpholine rings is 1. The summed E-state index contributed by atoms with van der Waals surface area (Å²) in [4.78, 5) is 1.88. The van der Waals surface area contributed by atoms with Crippen LogP contribution in [-0.4, -0.2) is 36.2 Å². The third-order valence-electron chi connectivity index (χ3n) is 1.95. The topological polar surface area (TPSA) is 62.3 Å². The van der Waals surface area contributed by atoms with Gasteiger partial charge in [-0.25, -0.2) is 0 Å². The lowest BCUT2D eigenvalue weighted by atomic mass is 10.2. The van der Waals surface area contributed by atoms with E-state index in [0.717, 1.165) is 0 Å². The Morgan fingerprint density at radius 3 is 2.18 bits per heavy atom. The Morgan fingerprint density at radius 2 is 1.91 bits per heavy atom. The Bertz CT molecular complexity index is 150. The summed E-state index contributed by atoms with van der Waals surface area (Å²) in [5.74, 6) is 0.147. The van der Waals surface area contributed by atoms with Gasteiger partial charge < -0.3 is 15.4 Å². The van der Waals surface area contributed by atoms with Gasteiger partial charge in [-0.15, -0.1) is 0 Å². The molecule has 0 amide bonds. The highest BCUT2D eigenvalue weighted by Gasteiger charge is 2.25. The maximum absolute atomic E-state index is 7.30. The maximum Gasteiger partial charge on any atom is 0.189 e. The maximum atomic E-state index is 7.30. The molecule has 0 bridgehead atoms. The fraction of sp³-hybridized carbons (Fsp3) is 0.857. The number of nitrogens with one attached hydrogen (secondary N) is 1. The van der Waals surface area contributed by atoms with Crippen LogP contribution in [0.4, 0.5) is 0 Å². The van der Waals surface area contributed by atoms with E-state index in [1.807, 2.05) is 18.7 Å². The van der Waals surface area contributed by atoms with E-state index in [1.165, 1.54) is 0 Å². The molecule has 11 heavy (non-hydrogen) atoms. The third kappa shape index (κ3) is 1.63. The summed E-state index contributed by atoms with van der Waals surface area (Å²) in [5.41, 5.74) is 5.40. The van der Waals surface area contributed by atoms with Gasteiger partial charge in [-0.1, -0.05) is 0 Å². The molecule has 0 aromatic carbocycles. The van der Waals surface area contributed by atoms with Crippen LogP contribution in [0.2, 0.25) is 0 Å². The molecule has 4 heteroatoms. The molecular weight excluding hydrogens is 142 g/mol. The van der Waals surface area contributed by atoms with Crippen LogP contribution in [0, 0.1) is 5.41 Å². The molecule has 64 valence electrons. The molecule has 0 saturated carbocycles. The summed E-state index contributed by atoms with van der Waals surface area (Å²) < 4.78 is 5.28. The first-order chi connectivity index (χ1) is 5.13. The van der Waals surface area contributed by atoms with Gasteiger partial charge in [0.05, 0.1) is 25.3 Å². The van der Waals surface area contributed by atoms with Gasteiger partial charge in [0.15, 0.2) is 5.96 Å². The number of hydrogen-bond acceptors (Lipinski definition) is 2. The van der Waals surface area contributed by atoms with E-state index in [2.05, 4.69) is 0 Å². The average Bonchev–Trinajstić information content (AvgIpc) is 1.85. The molecule has 0 radical (unpaired) electrons. The van der Waals surface area contributed by atoms with Crippen LogP contribution in [0.25, 0.3) is 0 Å². The molecule has 0 aromatic rings. The second-order valence-corrected chi connectivity index (χ2v) is 3.03. The van der Waals surface area contributed by atoms with E-state index in [-0.39, 0.29) is 18.0 Å². The molecule has 1 aliphatic heterocycles. The first kappa shape index (κ1) is 8.33. The second-order valence-electron chi connectivity index (χ2n) is 3.03. The number of hydrogen-bond donors (Lipinski definition) is 2. The minimum Gasteiger partial charge on any atom is -0.377 e. The minimum atomic E-state index is 0.147. The number of ether oxygens (including phenoxy) is 1. The van der Waals surface area contributed by atoms with Crippen molar-refractivity contribution in [2.75, 3.05) is 13.2 Å². The van der Waals surface area contributed by atoms with E-state index in [9.17, 15) is 0 Å². The standard InChI is InChI=1S/C7H15N3O/c1-5-3-11-4-6(2)10(5)7(8)9/h5-6H,3-4H2,1-2H3,(H3,8,9). The fourth-order valence-electron chi connectivity index (χ4n) is 1.48. The Balaban J connectivity index is 2.62. The summed E-state index contributed by atoms with van der Waals surface area (Å²) in [7, 11) is 0. The fourth-order valence-corrected chi connectivity index (χ4v) is 1.48. The highest BCUT2D eigenvalue weighted by atomic mass is 16.5. The lowest BCUT2D eigenvalue weighted by Crippen LogP contribution is -2.54. The van der Waals surface area contributed by atoms with Crippen molar-refractivity contribution in [3.05, 3.63) is 0 Å². The number of nitrogens with zero attached hydrogens (tertiary/aromatic N) is 1. The van der Waals surface area contributed by atoms with Crippen LogP contribution in [0.1, 0.15) is 13.8 Å². The Labute approximate surface area is 66.8 Å². The molecule has 0 spiro atoms. The van der Waals surface area contributed by atoms with Gasteiger partial charge in [-0.05, 0) is 13.8 Å². The van der Waals surface area contributed by atoms with Crippen molar-refractivity contribution in [1.29, 1.82) is 5.41 Å². The first-order valence-electron chi connectivity index (χ1n) is 3.83. The van der Waals surface area contributed by atoms with E-state index in [0.29, 0.717) is 13.2 Å². The molecule has 2 unspecified atom stereocenters. The molecule has 0 aliphatic carbocycles.